The largest absolute Gasteiger partial charge is 0.383 e. The fourth-order valence-electron chi connectivity index (χ4n) is 3.44. The zero-order valence-electron chi connectivity index (χ0n) is 17.4. The lowest BCUT2D eigenvalue weighted by molar-refractivity contribution is 0.0984. The number of carbonyl (C=O) groups is 1. The number of hydrogen-bond acceptors (Lipinski definition) is 5. The van der Waals surface area contributed by atoms with Crippen molar-refractivity contribution in [2.75, 3.05) is 10.6 Å². The van der Waals surface area contributed by atoms with Crippen molar-refractivity contribution in [1.29, 1.82) is 0 Å². The molecule has 0 radical (unpaired) electrons. The molecule has 0 atom stereocenters. The van der Waals surface area contributed by atoms with Crippen molar-refractivity contribution in [1.82, 2.24) is 14.5 Å². The normalized spacial score (nSPS) is 10.7. The first-order valence-electron chi connectivity index (χ1n) is 10.1. The summed E-state index contributed by atoms with van der Waals surface area (Å²) in [5, 5.41) is 0. The van der Waals surface area contributed by atoms with Gasteiger partial charge < -0.3 is 5.73 Å². The van der Waals surface area contributed by atoms with E-state index in [2.05, 4.69) is 9.97 Å². The number of nitrogens with one attached hydrogen (secondary N) is 1. The molecule has 0 spiro atoms. The molecule has 0 saturated carbocycles. The lowest BCUT2D eigenvalue weighted by Crippen LogP contribution is -2.41. The van der Waals surface area contributed by atoms with Crippen molar-refractivity contribution in [3.8, 4) is 0 Å². The number of nitrogen functional groups attached to an aromatic ring is 1. The molecule has 0 saturated heterocycles. The van der Waals surface area contributed by atoms with Gasteiger partial charge in [0, 0.05) is 6.20 Å². The molecule has 0 unspecified atom stereocenters. The van der Waals surface area contributed by atoms with Gasteiger partial charge in [0.25, 0.3) is 11.5 Å². The number of amides is 1. The third-order valence-corrected chi connectivity index (χ3v) is 5.07. The Hall–Kier alpha value is -4.53. The molecule has 4 rings (SSSR count). The smallest absolute Gasteiger partial charge is 0.330 e. The van der Waals surface area contributed by atoms with E-state index >= 15 is 0 Å². The van der Waals surface area contributed by atoms with Gasteiger partial charge in [0.1, 0.15) is 5.82 Å². The van der Waals surface area contributed by atoms with Gasteiger partial charge in [-0.3, -0.25) is 24.0 Å². The van der Waals surface area contributed by atoms with Crippen molar-refractivity contribution in [2.45, 2.75) is 13.1 Å². The highest BCUT2D eigenvalue weighted by Crippen LogP contribution is 2.22. The monoisotopic (exact) mass is 445 g/mol. The van der Waals surface area contributed by atoms with Crippen molar-refractivity contribution in [3.63, 3.8) is 0 Å². The Morgan fingerprint density at radius 2 is 1.61 bits per heavy atom. The van der Waals surface area contributed by atoms with Crippen LogP contribution in [0.15, 0.2) is 88.6 Å². The molecule has 0 aliphatic carbocycles. The number of pyridine rings is 1. The molecule has 8 nitrogen and oxygen atoms in total. The summed E-state index contributed by atoms with van der Waals surface area (Å²) in [5.74, 6) is -1.52. The molecule has 0 aliphatic rings. The summed E-state index contributed by atoms with van der Waals surface area (Å²) in [7, 11) is 0. The Bertz CT molecular complexity index is 1380. The number of aromatic amines is 1. The Labute approximate surface area is 187 Å². The molecule has 9 heteroatoms. The minimum Gasteiger partial charge on any atom is -0.383 e. The summed E-state index contributed by atoms with van der Waals surface area (Å²) in [6.07, 6.45) is 1.08. The summed E-state index contributed by atoms with van der Waals surface area (Å²) in [4.78, 5) is 45.8. The summed E-state index contributed by atoms with van der Waals surface area (Å²) in [6, 6.07) is 20.4. The van der Waals surface area contributed by atoms with E-state index in [1.807, 2.05) is 36.4 Å². The van der Waals surface area contributed by atoms with Crippen LogP contribution < -0.4 is 21.9 Å². The van der Waals surface area contributed by atoms with E-state index in [1.54, 1.807) is 24.3 Å². The first-order chi connectivity index (χ1) is 15.9. The highest BCUT2D eigenvalue weighted by molar-refractivity contribution is 6.06. The third kappa shape index (κ3) is 4.72. The SMILES string of the molecule is Nc1c(N(Cc2ccccc2)C(=O)c2ccc(F)nc2)c(=O)[nH]c(=O)n1Cc1ccccc1. The van der Waals surface area contributed by atoms with E-state index in [1.165, 1.54) is 15.5 Å². The molecular formula is C24H20FN5O3. The van der Waals surface area contributed by atoms with Gasteiger partial charge in [-0.05, 0) is 23.3 Å². The van der Waals surface area contributed by atoms with Crippen LogP contribution in [-0.4, -0.2) is 20.4 Å². The van der Waals surface area contributed by atoms with Crippen molar-refractivity contribution >= 4 is 17.4 Å². The minimum absolute atomic E-state index is 0.00608. The van der Waals surface area contributed by atoms with Crippen LogP contribution in [0.3, 0.4) is 0 Å². The fourth-order valence-corrected chi connectivity index (χ4v) is 3.44. The quantitative estimate of drug-likeness (QED) is 0.443. The molecule has 166 valence electrons. The maximum Gasteiger partial charge on any atom is 0.330 e. The molecular weight excluding hydrogens is 425 g/mol. The van der Waals surface area contributed by atoms with Gasteiger partial charge in [-0.1, -0.05) is 60.7 Å². The second-order valence-electron chi connectivity index (χ2n) is 7.31. The maximum absolute atomic E-state index is 13.4. The van der Waals surface area contributed by atoms with E-state index in [-0.39, 0.29) is 30.2 Å². The van der Waals surface area contributed by atoms with E-state index in [4.69, 9.17) is 5.73 Å². The molecule has 1 amide bonds. The van der Waals surface area contributed by atoms with Gasteiger partial charge in [0.15, 0.2) is 5.69 Å². The zero-order chi connectivity index (χ0) is 23.4. The molecule has 2 aromatic heterocycles. The standard InChI is InChI=1S/C24H20FN5O3/c25-19-12-11-18(13-27-19)23(32)29(14-16-7-3-1-4-8-16)20-21(26)30(24(33)28-22(20)31)15-17-9-5-2-6-10-17/h1-13H,14-15,26H2,(H,28,31,33). The topological polar surface area (TPSA) is 114 Å². The number of benzene rings is 2. The summed E-state index contributed by atoms with van der Waals surface area (Å²) >= 11 is 0. The number of aromatic nitrogens is 3. The Morgan fingerprint density at radius 3 is 2.21 bits per heavy atom. The molecule has 4 aromatic rings. The Balaban J connectivity index is 1.84. The number of rotatable bonds is 6. The summed E-state index contributed by atoms with van der Waals surface area (Å²) in [5.41, 5.74) is 6.20. The van der Waals surface area contributed by atoms with Gasteiger partial charge in [0.05, 0.1) is 18.7 Å². The van der Waals surface area contributed by atoms with Crippen LogP contribution in [0.1, 0.15) is 21.5 Å². The Kier molecular flexibility index (Phi) is 6.12. The highest BCUT2D eigenvalue weighted by Gasteiger charge is 2.26. The van der Waals surface area contributed by atoms with Gasteiger partial charge in [0.2, 0.25) is 5.95 Å². The van der Waals surface area contributed by atoms with E-state index in [0.717, 1.165) is 23.4 Å². The molecule has 0 fully saturated rings. The van der Waals surface area contributed by atoms with Gasteiger partial charge >= 0.3 is 5.69 Å². The predicted octanol–water partition coefficient (Wildman–Crippen LogP) is 2.55. The molecule has 33 heavy (non-hydrogen) atoms. The number of H-pyrrole nitrogens is 1. The van der Waals surface area contributed by atoms with E-state index in [0.29, 0.717) is 0 Å². The molecule has 2 heterocycles. The number of carbonyl (C=O) groups excluding carboxylic acids is 1. The van der Waals surface area contributed by atoms with Crippen molar-refractivity contribution in [3.05, 3.63) is 122 Å². The van der Waals surface area contributed by atoms with Crippen LogP contribution in [0.5, 0.6) is 0 Å². The number of nitrogens with zero attached hydrogens (tertiary/aromatic N) is 3. The van der Waals surface area contributed by atoms with Gasteiger partial charge in [-0.15, -0.1) is 0 Å². The van der Waals surface area contributed by atoms with Crippen LogP contribution in [-0.2, 0) is 13.1 Å². The van der Waals surface area contributed by atoms with E-state index < -0.39 is 23.1 Å². The van der Waals surface area contributed by atoms with Crippen LogP contribution in [0, 0.1) is 5.95 Å². The Morgan fingerprint density at radius 1 is 0.970 bits per heavy atom. The van der Waals surface area contributed by atoms with Gasteiger partial charge in [-0.2, -0.15) is 4.39 Å². The van der Waals surface area contributed by atoms with Crippen LogP contribution in [0.25, 0.3) is 0 Å². The van der Waals surface area contributed by atoms with Crippen LogP contribution in [0.2, 0.25) is 0 Å². The van der Waals surface area contributed by atoms with Crippen LogP contribution in [0.4, 0.5) is 15.9 Å². The van der Waals surface area contributed by atoms with Crippen LogP contribution >= 0.6 is 0 Å². The van der Waals surface area contributed by atoms with Crippen molar-refractivity contribution < 1.29 is 9.18 Å². The molecule has 2 aromatic carbocycles. The van der Waals surface area contributed by atoms with Gasteiger partial charge in [-0.25, -0.2) is 9.78 Å². The lowest BCUT2D eigenvalue weighted by atomic mass is 10.1. The van der Waals surface area contributed by atoms with Crippen molar-refractivity contribution in [2.24, 2.45) is 0 Å². The number of halogens is 1. The minimum atomic E-state index is -0.804. The number of nitrogens with two attached hydrogens (primary N) is 1. The first-order valence-corrected chi connectivity index (χ1v) is 10.1. The summed E-state index contributed by atoms with van der Waals surface area (Å²) < 4.78 is 14.5. The lowest BCUT2D eigenvalue weighted by Gasteiger charge is -2.24. The average molecular weight is 445 g/mol. The second kappa shape index (κ2) is 9.31. The summed E-state index contributed by atoms with van der Waals surface area (Å²) in [6.45, 7) is 0.0919. The maximum atomic E-state index is 13.4. The fraction of sp³-hybridized carbons (Fsp3) is 0.0833. The number of anilines is 2. The highest BCUT2D eigenvalue weighted by atomic mass is 19.1. The van der Waals surface area contributed by atoms with E-state index in [9.17, 15) is 18.8 Å². The second-order valence-corrected chi connectivity index (χ2v) is 7.31. The predicted molar refractivity (Wildman–Crippen MR) is 122 cm³/mol. The molecule has 3 N–H and O–H groups in total. The molecule has 0 bridgehead atoms. The zero-order valence-corrected chi connectivity index (χ0v) is 17.4. The first kappa shape index (κ1) is 21.7. The number of hydrogen-bond donors (Lipinski definition) is 2. The third-order valence-electron chi connectivity index (χ3n) is 5.07. The average Bonchev–Trinajstić information content (AvgIpc) is 2.82. The molecule has 0 aliphatic heterocycles.